The molecule has 0 amide bonds. The summed E-state index contributed by atoms with van der Waals surface area (Å²) in [5, 5.41) is 4.96. The van der Waals surface area contributed by atoms with Gasteiger partial charge < -0.3 is 10.1 Å². The van der Waals surface area contributed by atoms with Crippen LogP contribution < -0.4 is 10.1 Å². The molecule has 0 saturated heterocycles. The molecule has 4 heteroatoms. The van der Waals surface area contributed by atoms with Crippen molar-refractivity contribution in [3.8, 4) is 5.75 Å². The lowest BCUT2D eigenvalue weighted by Gasteiger charge is -2.20. The molecule has 0 aliphatic rings. The van der Waals surface area contributed by atoms with E-state index in [-0.39, 0.29) is 0 Å². The minimum atomic E-state index is 0.449. The molecular weight excluding hydrogens is 278 g/mol. The number of nitrogens with one attached hydrogen (secondary N) is 1. The fourth-order valence-electron chi connectivity index (χ4n) is 1.96. The van der Waals surface area contributed by atoms with Crippen LogP contribution in [0.3, 0.4) is 0 Å². The van der Waals surface area contributed by atoms with Crippen molar-refractivity contribution in [1.82, 2.24) is 5.32 Å². The van der Waals surface area contributed by atoms with Crippen LogP contribution in [0.25, 0.3) is 0 Å². The van der Waals surface area contributed by atoms with Crippen LogP contribution in [0.2, 0.25) is 5.02 Å². The average Bonchev–Trinajstić information content (AvgIpc) is 2.36. The van der Waals surface area contributed by atoms with Gasteiger partial charge in [0.05, 0.1) is 7.11 Å². The Kier molecular flexibility index (Phi) is 7.66. The Morgan fingerprint density at radius 3 is 2.68 bits per heavy atom. The van der Waals surface area contributed by atoms with Gasteiger partial charge in [-0.2, -0.15) is 11.8 Å². The summed E-state index contributed by atoms with van der Waals surface area (Å²) in [6, 6.07) is 6.26. The number of ether oxygens (including phenoxy) is 1. The summed E-state index contributed by atoms with van der Waals surface area (Å²) in [5.74, 6) is 2.02. The lowest BCUT2D eigenvalue weighted by molar-refractivity contribution is 0.406. The molecule has 0 spiro atoms. The highest BCUT2D eigenvalue weighted by Gasteiger charge is 2.13. The molecule has 0 fully saturated rings. The van der Waals surface area contributed by atoms with Gasteiger partial charge in [-0.1, -0.05) is 32.4 Å². The smallest absolute Gasteiger partial charge is 0.122 e. The van der Waals surface area contributed by atoms with Gasteiger partial charge in [0, 0.05) is 16.8 Å². The minimum Gasteiger partial charge on any atom is -0.496 e. The zero-order chi connectivity index (χ0) is 14.3. The lowest BCUT2D eigenvalue weighted by atomic mass is 10.1. The molecule has 108 valence electrons. The first-order valence-electron chi connectivity index (χ1n) is 6.74. The monoisotopic (exact) mass is 301 g/mol. The first-order valence-corrected chi connectivity index (χ1v) is 8.16. The number of hydrogen-bond donors (Lipinski definition) is 1. The van der Waals surface area contributed by atoms with Gasteiger partial charge in [-0.05, 0) is 42.0 Å². The van der Waals surface area contributed by atoms with Gasteiger partial charge >= 0.3 is 0 Å². The molecule has 1 unspecified atom stereocenters. The predicted octanol–water partition coefficient (Wildman–Crippen LogP) is 4.01. The maximum absolute atomic E-state index is 6.08. The third-order valence-corrected chi connectivity index (χ3v) is 4.33. The van der Waals surface area contributed by atoms with Crippen LogP contribution >= 0.6 is 23.4 Å². The van der Waals surface area contributed by atoms with E-state index >= 15 is 0 Å². The van der Waals surface area contributed by atoms with Crippen LogP contribution in [0.4, 0.5) is 0 Å². The van der Waals surface area contributed by atoms with E-state index in [1.807, 2.05) is 30.0 Å². The predicted molar refractivity (Wildman–Crippen MR) is 86.8 cm³/mol. The van der Waals surface area contributed by atoms with Crippen LogP contribution in [0, 0.1) is 0 Å². The van der Waals surface area contributed by atoms with E-state index in [2.05, 4.69) is 26.1 Å². The largest absolute Gasteiger partial charge is 0.496 e. The second-order valence-electron chi connectivity index (χ2n) is 4.80. The van der Waals surface area contributed by atoms with Crippen molar-refractivity contribution in [1.29, 1.82) is 0 Å². The third-order valence-electron chi connectivity index (χ3n) is 2.83. The SMILES string of the molecule is CCNC(CSC(C)C)Cc1cc(Cl)ccc1OC. The molecule has 1 aromatic carbocycles. The van der Waals surface area contributed by atoms with E-state index in [4.69, 9.17) is 16.3 Å². The standard InChI is InChI=1S/C15H24ClNOS/c1-5-17-14(10-19-11(2)3)9-12-8-13(16)6-7-15(12)18-4/h6-8,11,14,17H,5,9-10H2,1-4H3. The van der Waals surface area contributed by atoms with E-state index in [0.29, 0.717) is 11.3 Å². The average molecular weight is 302 g/mol. The molecule has 0 aliphatic heterocycles. The first kappa shape index (κ1) is 16.7. The molecule has 0 bridgehead atoms. The fraction of sp³-hybridized carbons (Fsp3) is 0.600. The Bertz CT molecular complexity index is 384. The summed E-state index contributed by atoms with van der Waals surface area (Å²) in [6.07, 6.45) is 0.942. The molecule has 0 heterocycles. The summed E-state index contributed by atoms with van der Waals surface area (Å²) in [4.78, 5) is 0. The highest BCUT2D eigenvalue weighted by atomic mass is 35.5. The van der Waals surface area contributed by atoms with Crippen molar-refractivity contribution >= 4 is 23.4 Å². The normalized spacial score (nSPS) is 12.7. The van der Waals surface area contributed by atoms with Crippen molar-refractivity contribution < 1.29 is 4.74 Å². The van der Waals surface area contributed by atoms with E-state index in [0.717, 1.165) is 29.5 Å². The molecule has 2 nitrogen and oxygen atoms in total. The van der Waals surface area contributed by atoms with Crippen LogP contribution in [0.15, 0.2) is 18.2 Å². The molecule has 0 aliphatic carbocycles. The van der Waals surface area contributed by atoms with E-state index in [1.54, 1.807) is 7.11 Å². The quantitative estimate of drug-likeness (QED) is 0.784. The summed E-state index contributed by atoms with van der Waals surface area (Å²) in [5.41, 5.74) is 1.17. The Labute approximate surface area is 126 Å². The summed E-state index contributed by atoms with van der Waals surface area (Å²) in [7, 11) is 1.71. The number of thioether (sulfide) groups is 1. The number of likely N-dealkylation sites (N-methyl/N-ethyl adjacent to an activating group) is 1. The number of rotatable bonds is 8. The van der Waals surface area contributed by atoms with Gasteiger partial charge in [-0.3, -0.25) is 0 Å². The topological polar surface area (TPSA) is 21.3 Å². The maximum atomic E-state index is 6.08. The van der Waals surface area contributed by atoms with Gasteiger partial charge in [0.25, 0.3) is 0 Å². The first-order chi connectivity index (χ1) is 9.06. The second-order valence-corrected chi connectivity index (χ2v) is 6.84. The van der Waals surface area contributed by atoms with Crippen molar-refractivity contribution in [2.45, 2.75) is 38.5 Å². The van der Waals surface area contributed by atoms with Gasteiger partial charge in [-0.25, -0.2) is 0 Å². The van der Waals surface area contributed by atoms with Crippen LogP contribution in [-0.2, 0) is 6.42 Å². The number of methoxy groups -OCH3 is 1. The molecule has 0 saturated carbocycles. The molecule has 1 rings (SSSR count). The zero-order valence-corrected chi connectivity index (χ0v) is 13.8. The third kappa shape index (κ3) is 6.07. The molecule has 0 aromatic heterocycles. The molecule has 0 radical (unpaired) electrons. The van der Waals surface area contributed by atoms with Crippen molar-refractivity contribution in [3.63, 3.8) is 0 Å². The molecule has 1 N–H and O–H groups in total. The maximum Gasteiger partial charge on any atom is 0.122 e. The van der Waals surface area contributed by atoms with Crippen molar-refractivity contribution in [3.05, 3.63) is 28.8 Å². The highest BCUT2D eigenvalue weighted by Crippen LogP contribution is 2.25. The van der Waals surface area contributed by atoms with Gasteiger partial charge in [0.2, 0.25) is 0 Å². The molecule has 1 atom stereocenters. The summed E-state index contributed by atoms with van der Waals surface area (Å²) < 4.78 is 5.41. The van der Waals surface area contributed by atoms with E-state index in [9.17, 15) is 0 Å². The Morgan fingerprint density at radius 2 is 2.11 bits per heavy atom. The molecule has 19 heavy (non-hydrogen) atoms. The molecular formula is C15H24ClNOS. The Morgan fingerprint density at radius 1 is 1.37 bits per heavy atom. The van der Waals surface area contributed by atoms with Gasteiger partial charge in [-0.15, -0.1) is 0 Å². The van der Waals surface area contributed by atoms with Crippen LogP contribution in [0.1, 0.15) is 26.3 Å². The minimum absolute atomic E-state index is 0.449. The van der Waals surface area contributed by atoms with E-state index < -0.39 is 0 Å². The van der Waals surface area contributed by atoms with Crippen molar-refractivity contribution in [2.75, 3.05) is 19.4 Å². The van der Waals surface area contributed by atoms with Gasteiger partial charge in [0.1, 0.15) is 5.75 Å². The Balaban J connectivity index is 2.74. The highest BCUT2D eigenvalue weighted by molar-refractivity contribution is 7.99. The number of halogens is 1. The summed E-state index contributed by atoms with van der Waals surface area (Å²) >= 11 is 8.06. The lowest BCUT2D eigenvalue weighted by Crippen LogP contribution is -2.33. The Hall–Kier alpha value is -0.380. The molecule has 1 aromatic rings. The van der Waals surface area contributed by atoms with Gasteiger partial charge in [0.15, 0.2) is 0 Å². The van der Waals surface area contributed by atoms with Crippen LogP contribution in [0.5, 0.6) is 5.75 Å². The number of hydrogen-bond acceptors (Lipinski definition) is 3. The number of benzene rings is 1. The van der Waals surface area contributed by atoms with E-state index in [1.165, 1.54) is 5.56 Å². The fourth-order valence-corrected chi connectivity index (χ4v) is 3.01. The van der Waals surface area contributed by atoms with Crippen molar-refractivity contribution in [2.24, 2.45) is 0 Å². The van der Waals surface area contributed by atoms with Crippen LogP contribution in [-0.4, -0.2) is 30.7 Å². The summed E-state index contributed by atoms with van der Waals surface area (Å²) in [6.45, 7) is 7.58. The second kappa shape index (κ2) is 8.72. The zero-order valence-electron chi connectivity index (χ0n) is 12.2.